The summed E-state index contributed by atoms with van der Waals surface area (Å²) in [5.74, 6) is -0.941. The number of amides is 1. The Labute approximate surface area is 96.0 Å². The summed E-state index contributed by atoms with van der Waals surface area (Å²) in [6, 6.07) is 0.405. The summed E-state index contributed by atoms with van der Waals surface area (Å²) in [6.45, 7) is 1.49. The Hall–Kier alpha value is -1.10. The van der Waals surface area contributed by atoms with Gasteiger partial charge in [0.15, 0.2) is 0 Å². The molecule has 0 saturated carbocycles. The fourth-order valence-electron chi connectivity index (χ4n) is 1.97. The first-order valence-electron chi connectivity index (χ1n) is 5.66. The zero-order chi connectivity index (χ0) is 12.1. The molecule has 1 fully saturated rings. The van der Waals surface area contributed by atoms with E-state index in [1.807, 2.05) is 14.1 Å². The molecule has 1 heterocycles. The predicted molar refractivity (Wildman–Crippen MR) is 60.2 cm³/mol. The van der Waals surface area contributed by atoms with Crippen LogP contribution in [0.25, 0.3) is 0 Å². The topological polar surface area (TPSA) is 60.9 Å². The molecule has 0 aliphatic carbocycles. The van der Waals surface area contributed by atoms with Gasteiger partial charge in [0, 0.05) is 25.6 Å². The monoisotopic (exact) mass is 228 g/mol. The van der Waals surface area contributed by atoms with Crippen LogP contribution in [0.1, 0.15) is 25.7 Å². The van der Waals surface area contributed by atoms with Gasteiger partial charge in [-0.25, -0.2) is 0 Å². The van der Waals surface area contributed by atoms with Crippen LogP contribution in [0.4, 0.5) is 0 Å². The molecule has 0 bridgehead atoms. The van der Waals surface area contributed by atoms with Crippen molar-refractivity contribution in [3.8, 4) is 0 Å². The molecule has 0 aromatic heterocycles. The molecule has 92 valence electrons. The number of carboxylic acids is 1. The number of hydrogen-bond acceptors (Lipinski definition) is 3. The van der Waals surface area contributed by atoms with Crippen LogP contribution in [0.3, 0.4) is 0 Å². The number of aliphatic carboxylic acids is 1. The van der Waals surface area contributed by atoms with Gasteiger partial charge in [0.2, 0.25) is 5.91 Å². The number of piperidine rings is 1. The van der Waals surface area contributed by atoms with Crippen molar-refractivity contribution in [3.63, 3.8) is 0 Å². The first kappa shape index (κ1) is 13.0. The molecule has 1 amide bonds. The summed E-state index contributed by atoms with van der Waals surface area (Å²) >= 11 is 0. The zero-order valence-corrected chi connectivity index (χ0v) is 9.98. The van der Waals surface area contributed by atoms with E-state index in [0.717, 1.165) is 25.9 Å². The van der Waals surface area contributed by atoms with E-state index >= 15 is 0 Å². The fourth-order valence-corrected chi connectivity index (χ4v) is 1.97. The zero-order valence-electron chi connectivity index (χ0n) is 9.98. The van der Waals surface area contributed by atoms with Crippen LogP contribution in [0.5, 0.6) is 0 Å². The van der Waals surface area contributed by atoms with Gasteiger partial charge in [-0.1, -0.05) is 0 Å². The number of carbonyl (C=O) groups is 2. The lowest BCUT2D eigenvalue weighted by Gasteiger charge is -2.36. The van der Waals surface area contributed by atoms with Gasteiger partial charge < -0.3 is 14.9 Å². The van der Waals surface area contributed by atoms with E-state index in [0.29, 0.717) is 6.04 Å². The van der Waals surface area contributed by atoms with E-state index in [4.69, 9.17) is 5.11 Å². The molecule has 1 atom stereocenters. The molecule has 0 aromatic carbocycles. The molecule has 5 nitrogen and oxygen atoms in total. The second kappa shape index (κ2) is 5.84. The smallest absolute Gasteiger partial charge is 0.303 e. The van der Waals surface area contributed by atoms with Gasteiger partial charge in [0.05, 0.1) is 6.42 Å². The lowest BCUT2D eigenvalue weighted by Crippen LogP contribution is -2.47. The van der Waals surface area contributed by atoms with Crippen LogP contribution >= 0.6 is 0 Å². The van der Waals surface area contributed by atoms with E-state index in [9.17, 15) is 9.59 Å². The highest BCUT2D eigenvalue weighted by molar-refractivity contribution is 5.80. The van der Waals surface area contributed by atoms with E-state index in [2.05, 4.69) is 4.90 Å². The van der Waals surface area contributed by atoms with Crippen molar-refractivity contribution >= 4 is 11.9 Å². The minimum absolute atomic E-state index is 0.0334. The molecule has 1 unspecified atom stereocenters. The number of rotatable bonds is 4. The van der Waals surface area contributed by atoms with Crippen LogP contribution < -0.4 is 0 Å². The Balaban J connectivity index is 2.40. The quantitative estimate of drug-likeness (QED) is 0.757. The van der Waals surface area contributed by atoms with Crippen LogP contribution in [0.15, 0.2) is 0 Å². The predicted octanol–water partition coefficient (Wildman–Crippen LogP) is 0.404. The summed E-state index contributed by atoms with van der Waals surface area (Å²) in [7, 11) is 4.02. The van der Waals surface area contributed by atoms with Gasteiger partial charge >= 0.3 is 5.97 Å². The SMILES string of the molecule is CN(C)C1CCCN(C(=O)CCC(=O)O)C1. The first-order chi connectivity index (χ1) is 7.50. The minimum Gasteiger partial charge on any atom is -0.481 e. The Kier molecular flexibility index (Phi) is 4.73. The molecular weight excluding hydrogens is 208 g/mol. The van der Waals surface area contributed by atoms with Crippen molar-refractivity contribution in [2.75, 3.05) is 27.2 Å². The van der Waals surface area contributed by atoms with Gasteiger partial charge in [-0.2, -0.15) is 0 Å². The largest absolute Gasteiger partial charge is 0.481 e. The van der Waals surface area contributed by atoms with Crippen molar-refractivity contribution < 1.29 is 14.7 Å². The van der Waals surface area contributed by atoms with E-state index < -0.39 is 5.97 Å². The van der Waals surface area contributed by atoms with Gasteiger partial charge in [-0.05, 0) is 26.9 Å². The van der Waals surface area contributed by atoms with E-state index in [-0.39, 0.29) is 18.7 Å². The second-order valence-corrected chi connectivity index (χ2v) is 4.49. The fraction of sp³-hybridized carbons (Fsp3) is 0.818. The highest BCUT2D eigenvalue weighted by atomic mass is 16.4. The molecule has 1 saturated heterocycles. The Morgan fingerprint density at radius 3 is 2.62 bits per heavy atom. The second-order valence-electron chi connectivity index (χ2n) is 4.49. The maximum atomic E-state index is 11.7. The lowest BCUT2D eigenvalue weighted by molar-refractivity contribution is -0.141. The van der Waals surface area contributed by atoms with Gasteiger partial charge in [-0.15, -0.1) is 0 Å². The molecule has 0 radical (unpaired) electrons. The van der Waals surface area contributed by atoms with Gasteiger partial charge in [-0.3, -0.25) is 9.59 Å². The van der Waals surface area contributed by atoms with Crippen molar-refractivity contribution in [1.82, 2.24) is 9.80 Å². The summed E-state index contributed by atoms with van der Waals surface area (Å²) in [5.41, 5.74) is 0. The Bertz CT molecular complexity index is 266. The third kappa shape index (κ3) is 3.81. The highest BCUT2D eigenvalue weighted by Gasteiger charge is 2.24. The Morgan fingerprint density at radius 2 is 2.06 bits per heavy atom. The molecule has 1 aliphatic heterocycles. The van der Waals surface area contributed by atoms with Crippen molar-refractivity contribution in [2.45, 2.75) is 31.7 Å². The van der Waals surface area contributed by atoms with Crippen LogP contribution in [0, 0.1) is 0 Å². The standard InChI is InChI=1S/C11H20N2O3/c1-12(2)9-4-3-7-13(8-9)10(14)5-6-11(15)16/h9H,3-8H2,1-2H3,(H,15,16). The molecule has 5 heteroatoms. The van der Waals surface area contributed by atoms with Crippen molar-refractivity contribution in [1.29, 1.82) is 0 Å². The molecule has 0 spiro atoms. The third-order valence-electron chi connectivity index (χ3n) is 3.03. The minimum atomic E-state index is -0.908. The average molecular weight is 228 g/mol. The van der Waals surface area contributed by atoms with Crippen molar-refractivity contribution in [2.24, 2.45) is 0 Å². The number of nitrogens with zero attached hydrogens (tertiary/aromatic N) is 2. The van der Waals surface area contributed by atoms with E-state index in [1.54, 1.807) is 4.90 Å². The summed E-state index contributed by atoms with van der Waals surface area (Å²) in [4.78, 5) is 26.0. The van der Waals surface area contributed by atoms with Crippen LogP contribution in [-0.4, -0.2) is 60.0 Å². The van der Waals surface area contributed by atoms with Gasteiger partial charge in [0.25, 0.3) is 0 Å². The van der Waals surface area contributed by atoms with Gasteiger partial charge in [0.1, 0.15) is 0 Å². The molecular formula is C11H20N2O3. The number of likely N-dealkylation sites (N-methyl/N-ethyl adjacent to an activating group) is 1. The maximum absolute atomic E-state index is 11.7. The first-order valence-corrected chi connectivity index (χ1v) is 5.66. The normalized spacial score (nSPS) is 21.2. The lowest BCUT2D eigenvalue weighted by atomic mass is 10.0. The molecule has 1 aliphatic rings. The van der Waals surface area contributed by atoms with Crippen LogP contribution in [0.2, 0.25) is 0 Å². The number of likely N-dealkylation sites (tertiary alicyclic amines) is 1. The molecule has 16 heavy (non-hydrogen) atoms. The van der Waals surface area contributed by atoms with Crippen molar-refractivity contribution in [3.05, 3.63) is 0 Å². The molecule has 1 rings (SSSR count). The summed E-state index contributed by atoms with van der Waals surface area (Å²) in [5, 5.41) is 8.52. The van der Waals surface area contributed by atoms with Crippen LogP contribution in [-0.2, 0) is 9.59 Å². The number of carbonyl (C=O) groups excluding carboxylic acids is 1. The van der Waals surface area contributed by atoms with E-state index in [1.165, 1.54) is 0 Å². The summed E-state index contributed by atoms with van der Waals surface area (Å²) < 4.78 is 0. The molecule has 0 aromatic rings. The molecule has 1 N–H and O–H groups in total. The third-order valence-corrected chi connectivity index (χ3v) is 3.03. The Morgan fingerprint density at radius 1 is 1.38 bits per heavy atom. The maximum Gasteiger partial charge on any atom is 0.303 e. The summed E-state index contributed by atoms with van der Waals surface area (Å²) in [6.07, 6.45) is 2.16. The number of hydrogen-bond donors (Lipinski definition) is 1. The number of carboxylic acid groups (broad SMARTS) is 1. The average Bonchev–Trinajstić information content (AvgIpc) is 2.26. The highest BCUT2D eigenvalue weighted by Crippen LogP contribution is 2.14.